The van der Waals surface area contributed by atoms with E-state index in [1.54, 1.807) is 0 Å². The molecule has 0 aliphatic carbocycles. The van der Waals surface area contributed by atoms with Crippen LogP contribution >= 0.6 is 11.3 Å². The van der Waals surface area contributed by atoms with E-state index in [1.807, 2.05) is 12.3 Å². The van der Waals surface area contributed by atoms with Gasteiger partial charge in [0.25, 0.3) is 0 Å². The van der Waals surface area contributed by atoms with Gasteiger partial charge in [-0.2, -0.15) is 0 Å². The summed E-state index contributed by atoms with van der Waals surface area (Å²) in [6, 6.07) is 3.73. The molecule has 0 bridgehead atoms. The monoisotopic (exact) mass is 323 g/mol. The van der Waals surface area contributed by atoms with E-state index < -0.39 is 11.6 Å². The highest BCUT2D eigenvalue weighted by Gasteiger charge is 2.35. The molecule has 1 aromatic heterocycles. The van der Waals surface area contributed by atoms with Crippen molar-refractivity contribution in [1.29, 1.82) is 0 Å². The number of carbonyl (C=O) groups is 1. The van der Waals surface area contributed by atoms with E-state index in [2.05, 4.69) is 15.6 Å². The molecule has 0 unspecified atom stereocenters. The van der Waals surface area contributed by atoms with E-state index in [1.165, 1.54) is 23.5 Å². The molecule has 1 aliphatic heterocycles. The van der Waals surface area contributed by atoms with Gasteiger partial charge in [-0.15, -0.1) is 11.3 Å². The highest BCUT2D eigenvalue weighted by molar-refractivity contribution is 7.09. The number of amides is 1. The fourth-order valence-electron chi connectivity index (χ4n) is 2.64. The van der Waals surface area contributed by atoms with Crippen LogP contribution in [0, 0.1) is 24.5 Å². The lowest BCUT2D eigenvalue weighted by Gasteiger charge is -2.17. The van der Waals surface area contributed by atoms with Gasteiger partial charge in [0.2, 0.25) is 5.91 Å². The predicted molar refractivity (Wildman–Crippen MR) is 80.9 cm³/mol. The van der Waals surface area contributed by atoms with Gasteiger partial charge in [0.1, 0.15) is 0 Å². The highest BCUT2D eigenvalue weighted by Crippen LogP contribution is 2.30. The molecule has 2 N–H and O–H groups in total. The molecule has 1 fully saturated rings. The van der Waals surface area contributed by atoms with Crippen molar-refractivity contribution < 1.29 is 13.6 Å². The van der Waals surface area contributed by atoms with Gasteiger partial charge < -0.3 is 10.6 Å². The Kier molecular flexibility index (Phi) is 4.17. The molecule has 2 aromatic rings. The molecule has 22 heavy (non-hydrogen) atoms. The standard InChI is InChI=1S/C15H15F2N3OS/c1-8-19-13(7-22-8)9-5-18-6-10(9)15(21)20-12-4-2-3-11(16)14(12)17/h2-4,7,9-10,18H,5-6H2,1H3,(H,20,21)/t9-,10-/m0/s1. The zero-order chi connectivity index (χ0) is 15.7. The van der Waals surface area contributed by atoms with Crippen molar-refractivity contribution in [2.75, 3.05) is 18.4 Å². The van der Waals surface area contributed by atoms with Crippen molar-refractivity contribution in [3.63, 3.8) is 0 Å². The van der Waals surface area contributed by atoms with Crippen LogP contribution in [0.1, 0.15) is 16.6 Å². The number of anilines is 1. The number of carbonyl (C=O) groups excluding carboxylic acids is 1. The predicted octanol–water partition coefficient (Wildman–Crippen LogP) is 2.67. The minimum Gasteiger partial charge on any atom is -0.323 e. The van der Waals surface area contributed by atoms with E-state index in [-0.39, 0.29) is 23.4 Å². The van der Waals surface area contributed by atoms with Crippen LogP contribution < -0.4 is 10.6 Å². The van der Waals surface area contributed by atoms with Crippen molar-refractivity contribution in [3.05, 3.63) is 45.9 Å². The minimum atomic E-state index is -1.04. The zero-order valence-electron chi connectivity index (χ0n) is 11.9. The van der Waals surface area contributed by atoms with Crippen LogP contribution in [-0.4, -0.2) is 24.0 Å². The number of thiazole rings is 1. The fraction of sp³-hybridized carbons (Fsp3) is 0.333. The molecule has 0 radical (unpaired) electrons. The van der Waals surface area contributed by atoms with Crippen LogP contribution in [0.5, 0.6) is 0 Å². The summed E-state index contributed by atoms with van der Waals surface area (Å²) in [5.74, 6) is -2.76. The van der Waals surface area contributed by atoms with Gasteiger partial charge in [-0.25, -0.2) is 13.8 Å². The van der Waals surface area contributed by atoms with Crippen LogP contribution in [-0.2, 0) is 4.79 Å². The van der Waals surface area contributed by atoms with E-state index in [0.29, 0.717) is 13.1 Å². The molecule has 4 nitrogen and oxygen atoms in total. The lowest BCUT2D eigenvalue weighted by Crippen LogP contribution is -2.28. The number of hydrogen-bond acceptors (Lipinski definition) is 4. The second-order valence-corrected chi connectivity index (χ2v) is 6.32. The van der Waals surface area contributed by atoms with Gasteiger partial charge in [0.15, 0.2) is 11.6 Å². The fourth-order valence-corrected chi connectivity index (χ4v) is 3.32. The number of aryl methyl sites for hydroxylation is 1. The molecule has 0 saturated carbocycles. The maximum absolute atomic E-state index is 13.7. The Labute approximate surface area is 130 Å². The third kappa shape index (κ3) is 2.86. The number of rotatable bonds is 3. The van der Waals surface area contributed by atoms with E-state index >= 15 is 0 Å². The Bertz CT molecular complexity index is 704. The van der Waals surface area contributed by atoms with Crippen LogP contribution in [0.2, 0.25) is 0 Å². The first-order valence-electron chi connectivity index (χ1n) is 6.94. The second kappa shape index (κ2) is 6.10. The number of hydrogen-bond donors (Lipinski definition) is 2. The number of nitrogens with one attached hydrogen (secondary N) is 2. The molecule has 2 atom stereocenters. The largest absolute Gasteiger partial charge is 0.323 e. The van der Waals surface area contributed by atoms with Crippen LogP contribution in [0.15, 0.2) is 23.6 Å². The average molecular weight is 323 g/mol. The van der Waals surface area contributed by atoms with E-state index in [4.69, 9.17) is 0 Å². The van der Waals surface area contributed by atoms with Gasteiger partial charge >= 0.3 is 0 Å². The highest BCUT2D eigenvalue weighted by atomic mass is 32.1. The van der Waals surface area contributed by atoms with Crippen molar-refractivity contribution in [1.82, 2.24) is 10.3 Å². The molecular formula is C15H15F2N3OS. The molecule has 116 valence electrons. The van der Waals surface area contributed by atoms with Gasteiger partial charge in [-0.3, -0.25) is 4.79 Å². The van der Waals surface area contributed by atoms with Crippen LogP contribution in [0.3, 0.4) is 0 Å². The maximum atomic E-state index is 13.7. The topological polar surface area (TPSA) is 54.0 Å². The third-order valence-corrected chi connectivity index (χ3v) is 4.57. The van der Waals surface area contributed by atoms with Crippen molar-refractivity contribution in [3.8, 4) is 0 Å². The molecule has 1 saturated heterocycles. The molecular weight excluding hydrogens is 308 g/mol. The van der Waals surface area contributed by atoms with Crippen molar-refractivity contribution in [2.24, 2.45) is 5.92 Å². The van der Waals surface area contributed by atoms with Crippen molar-refractivity contribution in [2.45, 2.75) is 12.8 Å². The normalized spacial score (nSPS) is 21.0. The molecule has 0 spiro atoms. The summed E-state index contributed by atoms with van der Waals surface area (Å²) in [5, 5.41) is 8.52. The van der Waals surface area contributed by atoms with Gasteiger partial charge in [-0.1, -0.05) is 6.07 Å². The Balaban J connectivity index is 1.78. The second-order valence-electron chi connectivity index (χ2n) is 5.25. The molecule has 7 heteroatoms. The summed E-state index contributed by atoms with van der Waals surface area (Å²) < 4.78 is 26.9. The summed E-state index contributed by atoms with van der Waals surface area (Å²) in [4.78, 5) is 16.8. The smallest absolute Gasteiger partial charge is 0.229 e. The summed E-state index contributed by atoms with van der Waals surface area (Å²) in [5.41, 5.74) is 0.734. The summed E-state index contributed by atoms with van der Waals surface area (Å²) in [7, 11) is 0. The molecule has 2 heterocycles. The Morgan fingerprint density at radius 1 is 1.41 bits per heavy atom. The van der Waals surface area contributed by atoms with E-state index in [9.17, 15) is 13.6 Å². The lowest BCUT2D eigenvalue weighted by molar-refractivity contribution is -0.119. The van der Waals surface area contributed by atoms with E-state index in [0.717, 1.165) is 16.8 Å². The number of halogens is 2. The first kappa shape index (κ1) is 15.1. The third-order valence-electron chi connectivity index (χ3n) is 3.78. The Morgan fingerprint density at radius 3 is 2.95 bits per heavy atom. The quantitative estimate of drug-likeness (QED) is 0.913. The summed E-state index contributed by atoms with van der Waals surface area (Å²) >= 11 is 1.53. The Morgan fingerprint density at radius 2 is 2.23 bits per heavy atom. The number of aromatic nitrogens is 1. The summed E-state index contributed by atoms with van der Waals surface area (Å²) in [6.07, 6.45) is 0. The average Bonchev–Trinajstić information content (AvgIpc) is 3.12. The molecule has 3 rings (SSSR count). The van der Waals surface area contributed by atoms with Crippen LogP contribution in [0.4, 0.5) is 14.5 Å². The first-order valence-corrected chi connectivity index (χ1v) is 7.82. The molecule has 1 aromatic carbocycles. The van der Waals surface area contributed by atoms with Crippen molar-refractivity contribution >= 4 is 22.9 Å². The van der Waals surface area contributed by atoms with Gasteiger partial charge in [0, 0.05) is 24.4 Å². The minimum absolute atomic E-state index is 0.0541. The lowest BCUT2D eigenvalue weighted by atomic mass is 9.92. The zero-order valence-corrected chi connectivity index (χ0v) is 12.7. The van der Waals surface area contributed by atoms with Gasteiger partial charge in [-0.05, 0) is 19.1 Å². The first-order chi connectivity index (χ1) is 10.6. The number of nitrogens with zero attached hydrogens (tertiary/aromatic N) is 1. The molecule has 1 aliphatic rings. The van der Waals surface area contributed by atoms with Gasteiger partial charge in [0.05, 0.1) is 22.3 Å². The van der Waals surface area contributed by atoms with Crippen LogP contribution in [0.25, 0.3) is 0 Å². The molecule has 1 amide bonds. The number of benzene rings is 1. The maximum Gasteiger partial charge on any atom is 0.229 e. The SMILES string of the molecule is Cc1nc([C@H]2CNC[C@@H]2C(=O)Nc2cccc(F)c2F)cs1. The summed E-state index contributed by atoms with van der Waals surface area (Å²) in [6.45, 7) is 3.05. The Hall–Kier alpha value is -1.86.